The van der Waals surface area contributed by atoms with E-state index in [0.717, 1.165) is 36.8 Å². The molecule has 0 aliphatic carbocycles. The van der Waals surface area contributed by atoms with Crippen LogP contribution in [0.1, 0.15) is 51.0 Å². The number of rotatable bonds is 13. The van der Waals surface area contributed by atoms with E-state index < -0.39 is 19.7 Å². The molecule has 188 valence electrons. The fourth-order valence-electron chi connectivity index (χ4n) is 4.16. The lowest BCUT2D eigenvalue weighted by atomic mass is 9.99. The van der Waals surface area contributed by atoms with Gasteiger partial charge in [0, 0.05) is 13.6 Å². The summed E-state index contributed by atoms with van der Waals surface area (Å²) in [5.74, 6) is -1.78. The Morgan fingerprint density at radius 3 is 1.86 bits per heavy atom. The first-order valence-electron chi connectivity index (χ1n) is 13.1. The Balaban J connectivity index is 1.61. The number of hydrogen-bond acceptors (Lipinski definition) is 1. The molecule has 0 spiro atoms. The monoisotopic (exact) mass is 494 g/mol. The van der Waals surface area contributed by atoms with Gasteiger partial charge in [0.15, 0.2) is 11.6 Å². The molecule has 0 saturated carbocycles. The molecular formula is C31H40F2OSi. The van der Waals surface area contributed by atoms with Crippen molar-refractivity contribution >= 4 is 8.07 Å². The van der Waals surface area contributed by atoms with Gasteiger partial charge in [-0.1, -0.05) is 113 Å². The van der Waals surface area contributed by atoms with Crippen molar-refractivity contribution in [2.24, 2.45) is 0 Å². The Morgan fingerprint density at radius 1 is 0.657 bits per heavy atom. The average Bonchev–Trinajstić information content (AvgIpc) is 2.85. The molecule has 0 saturated heterocycles. The summed E-state index contributed by atoms with van der Waals surface area (Å²) in [6.07, 6.45) is 7.86. The van der Waals surface area contributed by atoms with Crippen LogP contribution in [0.4, 0.5) is 8.78 Å². The van der Waals surface area contributed by atoms with Gasteiger partial charge in [-0.3, -0.25) is 0 Å². The van der Waals surface area contributed by atoms with E-state index in [2.05, 4.69) is 50.8 Å². The molecule has 0 fully saturated rings. The second-order valence-corrected chi connectivity index (χ2v) is 16.3. The number of aryl methyl sites for hydroxylation is 1. The van der Waals surface area contributed by atoms with E-state index in [4.69, 9.17) is 4.74 Å². The van der Waals surface area contributed by atoms with E-state index in [1.165, 1.54) is 36.9 Å². The second kappa shape index (κ2) is 13.0. The highest BCUT2D eigenvalue weighted by atomic mass is 28.3. The van der Waals surface area contributed by atoms with Crippen LogP contribution in [-0.4, -0.2) is 14.7 Å². The average molecular weight is 495 g/mol. The molecule has 3 aromatic carbocycles. The molecule has 35 heavy (non-hydrogen) atoms. The summed E-state index contributed by atoms with van der Waals surface area (Å²) in [5, 5.41) is 0. The number of unbranched alkanes of at least 4 members (excludes halogenated alkanes) is 5. The van der Waals surface area contributed by atoms with Crippen molar-refractivity contribution in [3.05, 3.63) is 77.9 Å². The van der Waals surface area contributed by atoms with Gasteiger partial charge < -0.3 is 4.74 Å². The first kappa shape index (κ1) is 27.1. The summed E-state index contributed by atoms with van der Waals surface area (Å²) in [6, 6.07) is 20.7. The van der Waals surface area contributed by atoms with Gasteiger partial charge in [0.05, 0.1) is 6.61 Å². The van der Waals surface area contributed by atoms with Gasteiger partial charge in [0.1, 0.15) is 0 Å². The van der Waals surface area contributed by atoms with Gasteiger partial charge in [-0.2, -0.15) is 4.39 Å². The van der Waals surface area contributed by atoms with Gasteiger partial charge in [-0.15, -0.1) is 0 Å². The highest BCUT2D eigenvalue weighted by molar-refractivity contribution is 6.76. The fourth-order valence-corrected chi connectivity index (χ4v) is 5.19. The normalized spacial score (nSPS) is 11.6. The van der Waals surface area contributed by atoms with Gasteiger partial charge in [-0.25, -0.2) is 4.39 Å². The summed E-state index contributed by atoms with van der Waals surface area (Å²) in [5.41, 5.74) is 4.45. The predicted octanol–water partition coefficient (Wildman–Crippen LogP) is 9.92. The molecule has 0 aromatic heterocycles. The number of halogens is 2. The van der Waals surface area contributed by atoms with Crippen LogP contribution in [0.3, 0.4) is 0 Å². The van der Waals surface area contributed by atoms with Crippen LogP contribution in [0.15, 0.2) is 60.7 Å². The quantitative estimate of drug-likeness (QED) is 0.170. The van der Waals surface area contributed by atoms with E-state index >= 15 is 0 Å². The van der Waals surface area contributed by atoms with Crippen molar-refractivity contribution in [2.45, 2.75) is 77.6 Å². The second-order valence-electron chi connectivity index (χ2n) is 10.7. The van der Waals surface area contributed by atoms with Crippen molar-refractivity contribution in [1.29, 1.82) is 0 Å². The Morgan fingerprint density at radius 2 is 1.23 bits per heavy atom. The number of ether oxygens (including phenoxy) is 1. The zero-order valence-corrected chi connectivity index (χ0v) is 22.8. The van der Waals surface area contributed by atoms with Crippen molar-refractivity contribution in [3.63, 3.8) is 0 Å². The largest absolute Gasteiger partial charge is 0.490 e. The van der Waals surface area contributed by atoms with E-state index in [0.29, 0.717) is 12.2 Å². The first-order chi connectivity index (χ1) is 16.8. The molecule has 0 heterocycles. The summed E-state index contributed by atoms with van der Waals surface area (Å²) >= 11 is 0. The third kappa shape index (κ3) is 8.31. The molecule has 1 nitrogen and oxygen atoms in total. The Bertz CT molecular complexity index is 1050. The highest BCUT2D eigenvalue weighted by Crippen LogP contribution is 2.31. The first-order valence-corrected chi connectivity index (χ1v) is 16.8. The van der Waals surface area contributed by atoms with Gasteiger partial charge in [0.25, 0.3) is 0 Å². The Labute approximate surface area is 211 Å². The van der Waals surface area contributed by atoms with Crippen molar-refractivity contribution < 1.29 is 13.5 Å². The van der Waals surface area contributed by atoms with Gasteiger partial charge >= 0.3 is 0 Å². The SMILES string of the molecule is CCCCCCCCOc1ccc(-c2ccc(-c3ccc(CC[Si](C)(C)C)cc3)cc2)c(F)c1F. The summed E-state index contributed by atoms with van der Waals surface area (Å²) in [6.45, 7) is 9.79. The summed E-state index contributed by atoms with van der Waals surface area (Å²) in [4.78, 5) is 0. The Kier molecular flexibility index (Phi) is 10.1. The third-order valence-electron chi connectivity index (χ3n) is 6.45. The lowest BCUT2D eigenvalue weighted by Crippen LogP contribution is -2.19. The molecule has 0 aliphatic rings. The van der Waals surface area contributed by atoms with Crippen molar-refractivity contribution in [2.75, 3.05) is 6.61 Å². The lowest BCUT2D eigenvalue weighted by Gasteiger charge is -2.15. The molecule has 0 atom stereocenters. The molecule has 3 rings (SSSR count). The molecular weight excluding hydrogens is 454 g/mol. The minimum absolute atomic E-state index is 0.00866. The molecule has 0 unspecified atom stereocenters. The molecule has 0 amide bonds. The molecule has 0 aliphatic heterocycles. The third-order valence-corrected chi connectivity index (χ3v) is 8.20. The van der Waals surface area contributed by atoms with Crippen LogP contribution < -0.4 is 4.74 Å². The standard InChI is InChI=1S/C31H40F2OSi/c1-5-6-7-8-9-10-22-34-29-20-19-28(30(32)31(29)33)27-17-15-26(16-18-27)25-13-11-24(12-14-25)21-23-35(2,3)4/h11-20H,5-10,21-23H2,1-4H3. The molecule has 4 heteroatoms. The topological polar surface area (TPSA) is 9.23 Å². The maximum atomic E-state index is 14.8. The van der Waals surface area contributed by atoms with Crippen LogP contribution in [0.2, 0.25) is 25.7 Å². The van der Waals surface area contributed by atoms with Crippen LogP contribution >= 0.6 is 0 Å². The molecule has 0 N–H and O–H groups in total. The smallest absolute Gasteiger partial charge is 0.201 e. The number of hydrogen-bond donors (Lipinski definition) is 0. The van der Waals surface area contributed by atoms with Gasteiger partial charge in [0.2, 0.25) is 5.82 Å². The summed E-state index contributed by atoms with van der Waals surface area (Å²) in [7, 11) is -1.05. The van der Waals surface area contributed by atoms with Crippen molar-refractivity contribution in [1.82, 2.24) is 0 Å². The van der Waals surface area contributed by atoms with E-state index in [1.54, 1.807) is 6.07 Å². The van der Waals surface area contributed by atoms with Crippen molar-refractivity contribution in [3.8, 4) is 28.0 Å². The zero-order chi connectivity index (χ0) is 25.3. The maximum absolute atomic E-state index is 14.8. The highest BCUT2D eigenvalue weighted by Gasteiger charge is 2.16. The van der Waals surface area contributed by atoms with E-state index in [9.17, 15) is 8.78 Å². The van der Waals surface area contributed by atoms with Gasteiger partial charge in [-0.05, 0) is 47.2 Å². The molecule has 0 bridgehead atoms. The number of benzene rings is 3. The summed E-state index contributed by atoms with van der Waals surface area (Å²) < 4.78 is 35.0. The Hall–Kier alpha value is -2.46. The molecule has 0 radical (unpaired) electrons. The zero-order valence-electron chi connectivity index (χ0n) is 21.8. The minimum atomic E-state index is -1.05. The van der Waals surface area contributed by atoms with E-state index in [-0.39, 0.29) is 11.3 Å². The molecule has 3 aromatic rings. The van der Waals surface area contributed by atoms with Crippen LogP contribution in [0.25, 0.3) is 22.3 Å². The van der Waals surface area contributed by atoms with Crippen LogP contribution in [0, 0.1) is 11.6 Å². The predicted molar refractivity (Wildman–Crippen MR) is 148 cm³/mol. The van der Waals surface area contributed by atoms with E-state index in [1.807, 2.05) is 24.3 Å². The lowest BCUT2D eigenvalue weighted by molar-refractivity contribution is 0.285. The maximum Gasteiger partial charge on any atom is 0.201 e. The van der Waals surface area contributed by atoms with Crippen LogP contribution in [0.5, 0.6) is 5.75 Å². The minimum Gasteiger partial charge on any atom is -0.490 e. The fraction of sp³-hybridized carbons (Fsp3) is 0.419. The van der Waals surface area contributed by atoms with Crippen LogP contribution in [-0.2, 0) is 6.42 Å².